The summed E-state index contributed by atoms with van der Waals surface area (Å²) in [6.07, 6.45) is 4.10. The highest BCUT2D eigenvalue weighted by Crippen LogP contribution is 2.30. The van der Waals surface area contributed by atoms with Gasteiger partial charge in [0.05, 0.1) is 17.4 Å². The van der Waals surface area contributed by atoms with Gasteiger partial charge < -0.3 is 10.1 Å². The summed E-state index contributed by atoms with van der Waals surface area (Å²) in [6.45, 7) is 0.721. The summed E-state index contributed by atoms with van der Waals surface area (Å²) in [5.74, 6) is -0.109. The molecule has 23 heavy (non-hydrogen) atoms. The third-order valence-electron chi connectivity index (χ3n) is 4.31. The molecule has 0 bridgehead atoms. The molecule has 2 aliphatic rings. The maximum Gasteiger partial charge on any atom is 0.243 e. The van der Waals surface area contributed by atoms with E-state index in [2.05, 4.69) is 5.32 Å². The molecule has 0 spiro atoms. The van der Waals surface area contributed by atoms with Gasteiger partial charge in [-0.2, -0.15) is 4.31 Å². The van der Waals surface area contributed by atoms with Crippen LogP contribution in [0.4, 0.5) is 5.69 Å². The van der Waals surface area contributed by atoms with Crippen molar-refractivity contribution in [1.82, 2.24) is 4.31 Å². The van der Waals surface area contributed by atoms with Crippen molar-refractivity contribution in [1.29, 1.82) is 0 Å². The second-order valence-electron chi connectivity index (χ2n) is 6.16. The van der Waals surface area contributed by atoms with E-state index < -0.39 is 10.0 Å². The quantitative estimate of drug-likeness (QED) is 0.860. The van der Waals surface area contributed by atoms with Gasteiger partial charge >= 0.3 is 0 Å². The Labute approximate surface area is 136 Å². The normalized spacial score (nSPS) is 21.6. The molecular weight excluding hydrogens is 316 g/mol. The smallest absolute Gasteiger partial charge is 0.243 e. The average molecular weight is 338 g/mol. The van der Waals surface area contributed by atoms with Gasteiger partial charge in [-0.1, -0.05) is 0 Å². The molecule has 1 amide bonds. The summed E-state index contributed by atoms with van der Waals surface area (Å²) in [7, 11) is -1.82. The minimum atomic E-state index is -3.44. The number of rotatable bonds is 6. The zero-order valence-corrected chi connectivity index (χ0v) is 14.0. The molecule has 1 atom stereocenters. The molecule has 1 N–H and O–H groups in total. The molecule has 0 unspecified atom stereocenters. The second-order valence-corrected chi connectivity index (χ2v) is 8.16. The number of hydrogen-bond donors (Lipinski definition) is 1. The van der Waals surface area contributed by atoms with Gasteiger partial charge in [0.15, 0.2) is 0 Å². The first-order valence-corrected chi connectivity index (χ1v) is 9.40. The zero-order chi connectivity index (χ0) is 16.4. The zero-order valence-electron chi connectivity index (χ0n) is 13.2. The van der Waals surface area contributed by atoms with E-state index in [1.54, 1.807) is 19.2 Å². The molecule has 3 rings (SSSR count). The Morgan fingerprint density at radius 3 is 2.52 bits per heavy atom. The molecule has 2 fully saturated rings. The van der Waals surface area contributed by atoms with Crippen LogP contribution in [-0.4, -0.2) is 44.4 Å². The van der Waals surface area contributed by atoms with Crippen molar-refractivity contribution in [2.45, 2.75) is 49.1 Å². The van der Waals surface area contributed by atoms with E-state index in [4.69, 9.17) is 4.74 Å². The van der Waals surface area contributed by atoms with E-state index in [1.807, 2.05) is 0 Å². The van der Waals surface area contributed by atoms with Crippen LogP contribution in [0.1, 0.15) is 32.1 Å². The van der Waals surface area contributed by atoms with E-state index >= 15 is 0 Å². The summed E-state index contributed by atoms with van der Waals surface area (Å²) in [6, 6.07) is 6.46. The lowest BCUT2D eigenvalue weighted by molar-refractivity contribution is -0.118. The molecule has 1 saturated heterocycles. The SMILES string of the molecule is CN(C1CC1)S(=O)(=O)c1ccc(NC(=O)C[C@@H]2CCCO2)cc1. The molecule has 1 aliphatic carbocycles. The highest BCUT2D eigenvalue weighted by atomic mass is 32.2. The van der Waals surface area contributed by atoms with Crippen LogP contribution in [0.2, 0.25) is 0 Å². The van der Waals surface area contributed by atoms with Crippen LogP contribution in [-0.2, 0) is 19.6 Å². The maximum atomic E-state index is 12.4. The summed E-state index contributed by atoms with van der Waals surface area (Å²) in [5.41, 5.74) is 0.598. The Morgan fingerprint density at radius 2 is 1.96 bits per heavy atom. The van der Waals surface area contributed by atoms with Crippen molar-refractivity contribution >= 4 is 21.6 Å². The maximum absolute atomic E-state index is 12.4. The van der Waals surface area contributed by atoms with E-state index in [0.717, 1.165) is 32.3 Å². The Morgan fingerprint density at radius 1 is 1.26 bits per heavy atom. The van der Waals surface area contributed by atoms with Crippen LogP contribution in [0, 0.1) is 0 Å². The van der Waals surface area contributed by atoms with Gasteiger partial charge in [0.25, 0.3) is 0 Å². The third kappa shape index (κ3) is 3.91. The largest absolute Gasteiger partial charge is 0.378 e. The molecule has 1 aromatic rings. The van der Waals surface area contributed by atoms with Crippen LogP contribution in [0.3, 0.4) is 0 Å². The number of benzene rings is 1. The molecule has 1 aromatic carbocycles. The number of carbonyl (C=O) groups excluding carboxylic acids is 1. The number of amides is 1. The first-order chi connectivity index (χ1) is 11.0. The minimum absolute atomic E-state index is 0.00171. The Balaban J connectivity index is 1.61. The predicted octanol–water partition coefficient (Wildman–Crippen LogP) is 1.98. The number of sulfonamides is 1. The molecule has 1 saturated carbocycles. The number of hydrogen-bond acceptors (Lipinski definition) is 4. The number of nitrogens with zero attached hydrogens (tertiary/aromatic N) is 1. The van der Waals surface area contributed by atoms with Crippen molar-refractivity contribution in [2.75, 3.05) is 19.0 Å². The van der Waals surface area contributed by atoms with Gasteiger partial charge in [0.2, 0.25) is 15.9 Å². The van der Waals surface area contributed by atoms with Crippen LogP contribution < -0.4 is 5.32 Å². The monoisotopic (exact) mass is 338 g/mol. The van der Waals surface area contributed by atoms with Crippen LogP contribution in [0.25, 0.3) is 0 Å². The summed E-state index contributed by atoms with van der Waals surface area (Å²) >= 11 is 0. The van der Waals surface area contributed by atoms with Gasteiger partial charge in [-0.15, -0.1) is 0 Å². The fraction of sp³-hybridized carbons (Fsp3) is 0.562. The lowest BCUT2D eigenvalue weighted by atomic mass is 10.2. The Hall–Kier alpha value is -1.44. The molecule has 126 valence electrons. The first kappa shape index (κ1) is 16.4. The molecule has 7 heteroatoms. The molecule has 1 heterocycles. The summed E-state index contributed by atoms with van der Waals surface area (Å²) < 4.78 is 31.7. The van der Waals surface area contributed by atoms with Crippen molar-refractivity contribution in [3.63, 3.8) is 0 Å². The Bertz CT molecular complexity index is 662. The van der Waals surface area contributed by atoms with Crippen LogP contribution in [0.5, 0.6) is 0 Å². The molecule has 0 radical (unpaired) electrons. The van der Waals surface area contributed by atoms with Crippen LogP contribution in [0.15, 0.2) is 29.2 Å². The molecule has 0 aromatic heterocycles. The number of ether oxygens (including phenoxy) is 1. The van der Waals surface area contributed by atoms with E-state index in [0.29, 0.717) is 12.1 Å². The highest BCUT2D eigenvalue weighted by molar-refractivity contribution is 7.89. The highest BCUT2D eigenvalue weighted by Gasteiger charge is 2.34. The van der Waals surface area contributed by atoms with Crippen molar-refractivity contribution < 1.29 is 17.9 Å². The van der Waals surface area contributed by atoms with Crippen molar-refractivity contribution in [2.24, 2.45) is 0 Å². The van der Waals surface area contributed by atoms with Crippen molar-refractivity contribution in [3.05, 3.63) is 24.3 Å². The summed E-state index contributed by atoms with van der Waals surface area (Å²) in [5, 5.41) is 2.78. The topological polar surface area (TPSA) is 75.7 Å². The van der Waals surface area contributed by atoms with E-state index in [1.165, 1.54) is 16.4 Å². The lowest BCUT2D eigenvalue weighted by Crippen LogP contribution is -2.28. The van der Waals surface area contributed by atoms with Crippen LogP contribution >= 0.6 is 0 Å². The Kier molecular flexibility index (Phi) is 4.70. The fourth-order valence-electron chi connectivity index (χ4n) is 2.74. The van der Waals surface area contributed by atoms with Gasteiger partial charge in [-0.3, -0.25) is 4.79 Å². The number of carbonyl (C=O) groups is 1. The van der Waals surface area contributed by atoms with Crippen molar-refractivity contribution in [3.8, 4) is 0 Å². The van der Waals surface area contributed by atoms with E-state index in [9.17, 15) is 13.2 Å². The molecule has 6 nitrogen and oxygen atoms in total. The molecular formula is C16H22N2O4S. The van der Waals surface area contributed by atoms with Gasteiger partial charge in [-0.05, 0) is 49.9 Å². The lowest BCUT2D eigenvalue weighted by Gasteiger charge is -2.16. The summed E-state index contributed by atoms with van der Waals surface area (Å²) in [4.78, 5) is 12.2. The van der Waals surface area contributed by atoms with E-state index in [-0.39, 0.29) is 22.9 Å². The third-order valence-corrected chi connectivity index (χ3v) is 6.24. The standard InChI is InChI=1S/C16H22N2O4S/c1-18(13-6-7-13)23(20,21)15-8-4-12(5-9-15)17-16(19)11-14-3-2-10-22-14/h4-5,8-9,13-14H,2-3,6-7,10-11H2,1H3,(H,17,19)/t14-/m0/s1. The first-order valence-electron chi connectivity index (χ1n) is 7.96. The average Bonchev–Trinajstić information content (AvgIpc) is 3.25. The van der Waals surface area contributed by atoms with Gasteiger partial charge in [0, 0.05) is 25.4 Å². The fourth-order valence-corrected chi connectivity index (χ4v) is 4.15. The molecule has 1 aliphatic heterocycles. The van der Waals surface area contributed by atoms with Gasteiger partial charge in [-0.25, -0.2) is 8.42 Å². The predicted molar refractivity (Wildman–Crippen MR) is 86.6 cm³/mol. The number of anilines is 1. The van der Waals surface area contributed by atoms with Gasteiger partial charge in [0.1, 0.15) is 0 Å². The number of nitrogens with one attached hydrogen (secondary N) is 1. The second kappa shape index (κ2) is 6.59. The minimum Gasteiger partial charge on any atom is -0.378 e.